The minimum absolute atomic E-state index is 0.179. The molecule has 0 saturated heterocycles. The van der Waals surface area contributed by atoms with Gasteiger partial charge in [-0.15, -0.1) is 0 Å². The van der Waals surface area contributed by atoms with Gasteiger partial charge in [0.15, 0.2) is 0 Å². The lowest BCUT2D eigenvalue weighted by Gasteiger charge is -2.57. The van der Waals surface area contributed by atoms with Gasteiger partial charge in [-0.3, -0.25) is 4.79 Å². The maximum absolute atomic E-state index is 12.5. The molecule has 5 aliphatic carbocycles. The van der Waals surface area contributed by atoms with Gasteiger partial charge in [-0.25, -0.2) is 0 Å². The number of amides is 1. The van der Waals surface area contributed by atoms with Crippen LogP contribution in [0.5, 0.6) is 0 Å². The molecule has 1 amide bonds. The van der Waals surface area contributed by atoms with Gasteiger partial charge in [0.2, 0.25) is 5.91 Å². The topological polar surface area (TPSA) is 55.1 Å². The number of nitrogens with one attached hydrogen (secondary N) is 1. The van der Waals surface area contributed by atoms with E-state index in [0.29, 0.717) is 5.91 Å². The average Bonchev–Trinajstić information content (AvgIpc) is 2.73. The average molecular weight is 262 g/mol. The van der Waals surface area contributed by atoms with E-state index in [1.165, 1.54) is 38.5 Å². The van der Waals surface area contributed by atoms with Crippen molar-refractivity contribution in [2.24, 2.45) is 29.4 Å². The van der Waals surface area contributed by atoms with Crippen LogP contribution in [0.25, 0.3) is 0 Å². The van der Waals surface area contributed by atoms with Gasteiger partial charge in [0.1, 0.15) is 0 Å². The third-order valence-corrected chi connectivity index (χ3v) is 6.27. The summed E-state index contributed by atoms with van der Waals surface area (Å²) in [7, 11) is 0. The Morgan fingerprint density at radius 2 is 1.53 bits per heavy atom. The van der Waals surface area contributed by atoms with Crippen molar-refractivity contribution in [3.05, 3.63) is 0 Å². The summed E-state index contributed by atoms with van der Waals surface area (Å²) < 4.78 is 0. The van der Waals surface area contributed by atoms with Gasteiger partial charge in [-0.1, -0.05) is 0 Å². The molecule has 0 aromatic rings. The third kappa shape index (κ3) is 2.10. The van der Waals surface area contributed by atoms with Gasteiger partial charge in [-0.2, -0.15) is 0 Å². The summed E-state index contributed by atoms with van der Waals surface area (Å²) >= 11 is 0. The SMILES string of the molecule is NC1CCC(C(=O)NC23CC4CC(CC(C4)C2)C3)C1. The van der Waals surface area contributed by atoms with Crippen LogP contribution in [0.3, 0.4) is 0 Å². The molecule has 3 N–H and O–H groups in total. The molecule has 2 atom stereocenters. The van der Waals surface area contributed by atoms with Crippen molar-refractivity contribution in [2.45, 2.75) is 69.4 Å². The van der Waals surface area contributed by atoms with Crippen molar-refractivity contribution < 1.29 is 4.79 Å². The van der Waals surface area contributed by atoms with Gasteiger partial charge in [-0.05, 0) is 75.5 Å². The zero-order chi connectivity index (χ0) is 13.0. The van der Waals surface area contributed by atoms with Gasteiger partial charge < -0.3 is 11.1 Å². The normalized spacial score (nSPS) is 51.5. The first-order valence-electron chi connectivity index (χ1n) is 8.19. The van der Waals surface area contributed by atoms with Gasteiger partial charge >= 0.3 is 0 Å². The highest BCUT2D eigenvalue weighted by atomic mass is 16.2. The van der Waals surface area contributed by atoms with Crippen LogP contribution in [0.2, 0.25) is 0 Å². The van der Waals surface area contributed by atoms with Crippen molar-refractivity contribution in [2.75, 3.05) is 0 Å². The van der Waals surface area contributed by atoms with Crippen LogP contribution in [0.4, 0.5) is 0 Å². The molecule has 3 heteroatoms. The van der Waals surface area contributed by atoms with Gasteiger partial charge in [0.25, 0.3) is 0 Å². The fourth-order valence-corrected chi connectivity index (χ4v) is 5.88. The van der Waals surface area contributed by atoms with Crippen LogP contribution in [-0.4, -0.2) is 17.5 Å². The highest BCUT2D eigenvalue weighted by Gasteiger charge is 2.51. The largest absolute Gasteiger partial charge is 0.350 e. The van der Waals surface area contributed by atoms with E-state index in [9.17, 15) is 4.79 Å². The first-order valence-corrected chi connectivity index (χ1v) is 8.19. The number of hydrogen-bond donors (Lipinski definition) is 2. The van der Waals surface area contributed by atoms with E-state index in [1.54, 1.807) is 0 Å². The summed E-state index contributed by atoms with van der Waals surface area (Å²) in [5, 5.41) is 3.49. The molecule has 0 aromatic heterocycles. The van der Waals surface area contributed by atoms with Gasteiger partial charge in [0.05, 0.1) is 0 Å². The predicted octanol–water partition coefficient (Wildman–Crippen LogP) is 2.20. The second-order valence-electron chi connectivity index (χ2n) is 7.96. The third-order valence-electron chi connectivity index (χ3n) is 6.27. The zero-order valence-corrected chi connectivity index (χ0v) is 11.7. The van der Waals surface area contributed by atoms with E-state index < -0.39 is 0 Å². The quantitative estimate of drug-likeness (QED) is 0.801. The summed E-state index contributed by atoms with van der Waals surface area (Å²) in [6.07, 6.45) is 11.0. The number of carbonyl (C=O) groups excluding carboxylic acids is 1. The Kier molecular flexibility index (Phi) is 2.70. The van der Waals surface area contributed by atoms with Crippen molar-refractivity contribution >= 4 is 5.91 Å². The Bertz CT molecular complexity index is 357. The fraction of sp³-hybridized carbons (Fsp3) is 0.938. The lowest BCUT2D eigenvalue weighted by Crippen LogP contribution is -2.60. The summed E-state index contributed by atoms with van der Waals surface area (Å²) in [5.41, 5.74) is 6.12. The first-order chi connectivity index (χ1) is 9.12. The van der Waals surface area contributed by atoms with Crippen LogP contribution in [-0.2, 0) is 4.79 Å². The second-order valence-corrected chi connectivity index (χ2v) is 7.96. The Morgan fingerprint density at radius 3 is 2.00 bits per heavy atom. The lowest BCUT2D eigenvalue weighted by molar-refractivity contribution is -0.130. The molecule has 0 aromatic carbocycles. The monoisotopic (exact) mass is 262 g/mol. The Balaban J connectivity index is 1.46. The molecule has 0 spiro atoms. The second kappa shape index (κ2) is 4.21. The highest BCUT2D eigenvalue weighted by Crippen LogP contribution is 2.55. The minimum Gasteiger partial charge on any atom is -0.350 e. The van der Waals surface area contributed by atoms with Crippen LogP contribution in [0.1, 0.15) is 57.8 Å². The maximum Gasteiger partial charge on any atom is 0.223 e. The summed E-state index contributed by atoms with van der Waals surface area (Å²) in [6.45, 7) is 0. The molecular formula is C16H26N2O. The summed E-state index contributed by atoms with van der Waals surface area (Å²) in [5.74, 6) is 3.21. The molecular weight excluding hydrogens is 236 g/mol. The molecule has 19 heavy (non-hydrogen) atoms. The number of carbonyl (C=O) groups is 1. The molecule has 2 unspecified atom stereocenters. The van der Waals surface area contributed by atoms with Gasteiger partial charge in [0, 0.05) is 17.5 Å². The smallest absolute Gasteiger partial charge is 0.223 e. The van der Waals surface area contributed by atoms with Crippen molar-refractivity contribution in [3.63, 3.8) is 0 Å². The zero-order valence-electron chi connectivity index (χ0n) is 11.7. The van der Waals surface area contributed by atoms with E-state index in [-0.39, 0.29) is 17.5 Å². The molecule has 3 nitrogen and oxygen atoms in total. The molecule has 0 aliphatic heterocycles. The first kappa shape index (κ1) is 12.2. The molecule has 0 radical (unpaired) electrons. The molecule has 5 saturated carbocycles. The van der Waals surface area contributed by atoms with E-state index >= 15 is 0 Å². The van der Waals surface area contributed by atoms with E-state index in [1.807, 2.05) is 0 Å². The highest BCUT2D eigenvalue weighted by molar-refractivity contribution is 5.80. The predicted molar refractivity (Wildman–Crippen MR) is 74.4 cm³/mol. The van der Waals surface area contributed by atoms with E-state index in [0.717, 1.165) is 37.0 Å². The number of hydrogen-bond acceptors (Lipinski definition) is 2. The van der Waals surface area contributed by atoms with Crippen LogP contribution in [0, 0.1) is 23.7 Å². The Hall–Kier alpha value is -0.570. The Labute approximate surface area is 115 Å². The molecule has 4 bridgehead atoms. The van der Waals surface area contributed by atoms with Crippen molar-refractivity contribution in [3.8, 4) is 0 Å². The van der Waals surface area contributed by atoms with E-state index in [2.05, 4.69) is 5.32 Å². The minimum atomic E-state index is 0.179. The summed E-state index contributed by atoms with van der Waals surface area (Å²) in [6, 6.07) is 0.257. The van der Waals surface area contributed by atoms with Crippen molar-refractivity contribution in [1.29, 1.82) is 0 Å². The number of rotatable bonds is 2. The standard InChI is InChI=1S/C16H26N2O/c17-14-2-1-13(6-14)15(19)18-16-7-10-3-11(8-16)5-12(4-10)9-16/h10-14H,1-9,17H2,(H,18,19). The fourth-order valence-electron chi connectivity index (χ4n) is 5.88. The van der Waals surface area contributed by atoms with Crippen molar-refractivity contribution in [1.82, 2.24) is 5.32 Å². The molecule has 5 fully saturated rings. The van der Waals surface area contributed by atoms with Crippen LogP contribution < -0.4 is 11.1 Å². The lowest BCUT2D eigenvalue weighted by atomic mass is 9.53. The number of nitrogens with two attached hydrogens (primary N) is 1. The van der Waals surface area contributed by atoms with E-state index in [4.69, 9.17) is 5.73 Å². The van der Waals surface area contributed by atoms with Crippen LogP contribution in [0.15, 0.2) is 0 Å². The molecule has 5 aliphatic rings. The van der Waals surface area contributed by atoms with Crippen LogP contribution >= 0.6 is 0 Å². The molecule has 5 rings (SSSR count). The Morgan fingerprint density at radius 1 is 0.947 bits per heavy atom. The summed E-state index contributed by atoms with van der Waals surface area (Å²) in [4.78, 5) is 12.5. The maximum atomic E-state index is 12.5. The molecule has 106 valence electrons. The molecule has 0 heterocycles.